The first-order chi connectivity index (χ1) is 12.0. The van der Waals surface area contributed by atoms with Crippen molar-refractivity contribution in [3.63, 3.8) is 0 Å². The van der Waals surface area contributed by atoms with Crippen LogP contribution in [0.15, 0.2) is 24.5 Å². The summed E-state index contributed by atoms with van der Waals surface area (Å²) < 4.78 is 6.71. The molecule has 2 heteroatoms. The molecular formula is C23H35NO. The standard InChI is InChI=1S/C23H35NO/c1-17(2)23(11-12-23)21-8-4-7-20(25-21)14-18(3)22(9-10-22)15-19-6-5-13-24-16-19/h5-6,13,16-18,20-21H,4,7-12,14-15H2,1-3H3. The molecule has 25 heavy (non-hydrogen) atoms. The molecule has 1 aliphatic heterocycles. The minimum atomic E-state index is 0.497. The summed E-state index contributed by atoms with van der Waals surface area (Å²) in [4.78, 5) is 4.31. The lowest BCUT2D eigenvalue weighted by Gasteiger charge is -2.39. The van der Waals surface area contributed by atoms with E-state index in [-0.39, 0.29) is 0 Å². The third-order valence-corrected chi connectivity index (χ3v) is 7.80. The maximum Gasteiger partial charge on any atom is 0.0637 e. The van der Waals surface area contributed by atoms with E-state index < -0.39 is 0 Å². The van der Waals surface area contributed by atoms with Crippen molar-refractivity contribution in [1.82, 2.24) is 4.98 Å². The van der Waals surface area contributed by atoms with Gasteiger partial charge in [-0.25, -0.2) is 0 Å². The lowest BCUT2D eigenvalue weighted by molar-refractivity contribution is -0.104. The van der Waals surface area contributed by atoms with Crippen molar-refractivity contribution in [3.05, 3.63) is 30.1 Å². The van der Waals surface area contributed by atoms with Crippen molar-refractivity contribution in [2.45, 2.75) is 90.8 Å². The van der Waals surface area contributed by atoms with Crippen LogP contribution < -0.4 is 0 Å². The monoisotopic (exact) mass is 341 g/mol. The van der Waals surface area contributed by atoms with Gasteiger partial charge in [-0.2, -0.15) is 0 Å². The van der Waals surface area contributed by atoms with Crippen molar-refractivity contribution in [3.8, 4) is 0 Å². The third-order valence-electron chi connectivity index (χ3n) is 7.80. The fourth-order valence-corrected chi connectivity index (χ4v) is 5.47. The zero-order chi connectivity index (χ0) is 17.5. The van der Waals surface area contributed by atoms with E-state index in [0.29, 0.717) is 23.0 Å². The van der Waals surface area contributed by atoms with Crippen molar-refractivity contribution in [2.24, 2.45) is 22.7 Å². The summed E-state index contributed by atoms with van der Waals surface area (Å²) in [6.07, 6.45) is 16.9. The smallest absolute Gasteiger partial charge is 0.0637 e. The largest absolute Gasteiger partial charge is 0.374 e. The van der Waals surface area contributed by atoms with Crippen LogP contribution in [0.1, 0.15) is 77.7 Å². The van der Waals surface area contributed by atoms with E-state index >= 15 is 0 Å². The Morgan fingerprint density at radius 1 is 1.16 bits per heavy atom. The van der Waals surface area contributed by atoms with Gasteiger partial charge in [0.05, 0.1) is 12.2 Å². The Morgan fingerprint density at radius 3 is 2.56 bits per heavy atom. The van der Waals surface area contributed by atoms with Crippen LogP contribution in [-0.4, -0.2) is 17.2 Å². The molecule has 2 aliphatic carbocycles. The van der Waals surface area contributed by atoms with E-state index in [1.54, 1.807) is 0 Å². The predicted octanol–water partition coefficient (Wildman–Crippen LogP) is 5.80. The highest BCUT2D eigenvalue weighted by molar-refractivity contribution is 5.15. The summed E-state index contributed by atoms with van der Waals surface area (Å²) in [5, 5.41) is 0. The highest BCUT2D eigenvalue weighted by Crippen LogP contribution is 2.59. The van der Waals surface area contributed by atoms with Gasteiger partial charge in [-0.3, -0.25) is 4.98 Å². The molecule has 0 N–H and O–H groups in total. The number of nitrogens with zero attached hydrogens (tertiary/aromatic N) is 1. The molecule has 2 heterocycles. The Hall–Kier alpha value is -0.890. The number of pyridine rings is 1. The van der Waals surface area contributed by atoms with Gasteiger partial charge >= 0.3 is 0 Å². The lowest BCUT2D eigenvalue weighted by Crippen LogP contribution is -2.38. The van der Waals surface area contributed by atoms with Gasteiger partial charge in [-0.15, -0.1) is 0 Å². The fourth-order valence-electron chi connectivity index (χ4n) is 5.47. The summed E-state index contributed by atoms with van der Waals surface area (Å²) >= 11 is 0. The van der Waals surface area contributed by atoms with Crippen LogP contribution in [0.2, 0.25) is 0 Å². The van der Waals surface area contributed by atoms with Crippen LogP contribution >= 0.6 is 0 Å². The molecule has 2 saturated carbocycles. The second kappa shape index (κ2) is 6.68. The highest BCUT2D eigenvalue weighted by Gasteiger charge is 2.54. The van der Waals surface area contributed by atoms with E-state index in [2.05, 4.69) is 44.1 Å². The van der Waals surface area contributed by atoms with Gasteiger partial charge in [-0.1, -0.05) is 26.8 Å². The maximum absolute atomic E-state index is 6.71. The zero-order valence-corrected chi connectivity index (χ0v) is 16.3. The Balaban J connectivity index is 1.35. The number of rotatable bonds is 7. The van der Waals surface area contributed by atoms with E-state index in [1.807, 2.05) is 6.20 Å². The summed E-state index contributed by atoms with van der Waals surface area (Å²) in [5.41, 5.74) is 2.45. The molecule has 1 aromatic rings. The SMILES string of the molecule is CC(CC1CCCC(C2(C(C)C)CC2)O1)C1(Cc2cccnc2)CC1. The molecule has 3 atom stereocenters. The minimum absolute atomic E-state index is 0.497. The van der Waals surface area contributed by atoms with Crippen LogP contribution in [-0.2, 0) is 11.2 Å². The van der Waals surface area contributed by atoms with Crippen LogP contribution in [0, 0.1) is 22.7 Å². The van der Waals surface area contributed by atoms with E-state index in [0.717, 1.165) is 11.8 Å². The van der Waals surface area contributed by atoms with E-state index in [1.165, 1.54) is 63.4 Å². The van der Waals surface area contributed by atoms with Crippen LogP contribution in [0.25, 0.3) is 0 Å². The molecule has 138 valence electrons. The Labute approximate surface area is 153 Å². The van der Waals surface area contributed by atoms with Crippen molar-refractivity contribution < 1.29 is 4.74 Å². The lowest BCUT2D eigenvalue weighted by atomic mass is 9.79. The molecule has 2 nitrogen and oxygen atoms in total. The van der Waals surface area contributed by atoms with Gasteiger partial charge in [0.15, 0.2) is 0 Å². The molecule has 3 unspecified atom stereocenters. The van der Waals surface area contributed by atoms with Crippen LogP contribution in [0.3, 0.4) is 0 Å². The van der Waals surface area contributed by atoms with Gasteiger partial charge in [-0.05, 0) is 92.1 Å². The molecule has 0 aromatic carbocycles. The molecule has 1 saturated heterocycles. The molecular weight excluding hydrogens is 306 g/mol. The van der Waals surface area contributed by atoms with Gasteiger partial charge in [0.2, 0.25) is 0 Å². The van der Waals surface area contributed by atoms with E-state index in [9.17, 15) is 0 Å². The molecule has 1 aromatic heterocycles. The molecule has 0 radical (unpaired) electrons. The molecule has 3 fully saturated rings. The third kappa shape index (κ3) is 3.52. The number of aromatic nitrogens is 1. The summed E-state index contributed by atoms with van der Waals surface area (Å²) in [5.74, 6) is 1.53. The highest BCUT2D eigenvalue weighted by atomic mass is 16.5. The van der Waals surface area contributed by atoms with Crippen molar-refractivity contribution >= 4 is 0 Å². The number of ether oxygens (including phenoxy) is 1. The average molecular weight is 342 g/mol. The quantitative estimate of drug-likeness (QED) is 0.625. The van der Waals surface area contributed by atoms with Gasteiger partial charge < -0.3 is 4.74 Å². The van der Waals surface area contributed by atoms with Crippen LogP contribution in [0.5, 0.6) is 0 Å². The molecule has 0 amide bonds. The Morgan fingerprint density at radius 2 is 1.96 bits per heavy atom. The summed E-state index contributed by atoms with van der Waals surface area (Å²) in [6, 6.07) is 4.32. The number of hydrogen-bond donors (Lipinski definition) is 0. The van der Waals surface area contributed by atoms with Gasteiger partial charge in [0, 0.05) is 12.4 Å². The van der Waals surface area contributed by atoms with Gasteiger partial charge in [0.25, 0.3) is 0 Å². The Bertz CT molecular complexity index is 573. The van der Waals surface area contributed by atoms with Crippen LogP contribution in [0.4, 0.5) is 0 Å². The fraction of sp³-hybridized carbons (Fsp3) is 0.783. The van der Waals surface area contributed by atoms with Gasteiger partial charge in [0.1, 0.15) is 0 Å². The normalized spacial score (nSPS) is 30.9. The predicted molar refractivity (Wildman–Crippen MR) is 102 cm³/mol. The molecule has 3 aliphatic rings. The number of hydrogen-bond acceptors (Lipinski definition) is 2. The first-order valence-corrected chi connectivity index (χ1v) is 10.6. The zero-order valence-electron chi connectivity index (χ0n) is 16.3. The Kier molecular flexibility index (Phi) is 4.68. The molecule has 0 spiro atoms. The van der Waals surface area contributed by atoms with E-state index in [4.69, 9.17) is 4.74 Å². The maximum atomic E-state index is 6.71. The topological polar surface area (TPSA) is 22.1 Å². The molecule has 0 bridgehead atoms. The summed E-state index contributed by atoms with van der Waals surface area (Å²) in [6.45, 7) is 7.27. The second-order valence-corrected chi connectivity index (χ2v) is 9.60. The average Bonchev–Trinajstić information content (AvgIpc) is 3.51. The first-order valence-electron chi connectivity index (χ1n) is 10.6. The molecule has 4 rings (SSSR count). The minimum Gasteiger partial charge on any atom is -0.374 e. The van der Waals surface area contributed by atoms with Crippen molar-refractivity contribution in [2.75, 3.05) is 0 Å². The van der Waals surface area contributed by atoms with Crippen molar-refractivity contribution in [1.29, 1.82) is 0 Å². The summed E-state index contributed by atoms with van der Waals surface area (Å²) in [7, 11) is 0. The first kappa shape index (κ1) is 17.5. The second-order valence-electron chi connectivity index (χ2n) is 9.60.